The number of aromatic nitrogens is 2. The molecule has 0 radical (unpaired) electrons. The highest BCUT2D eigenvalue weighted by molar-refractivity contribution is 6.30. The van der Waals surface area contributed by atoms with Crippen LogP contribution in [0.15, 0.2) is 54.7 Å². The number of hydrogen-bond donors (Lipinski definition) is 3. The molecule has 0 saturated heterocycles. The highest BCUT2D eigenvalue weighted by Crippen LogP contribution is 2.17. The lowest BCUT2D eigenvalue weighted by Gasteiger charge is -2.07. The fourth-order valence-corrected chi connectivity index (χ4v) is 3.00. The van der Waals surface area contributed by atoms with E-state index >= 15 is 0 Å². The normalized spacial score (nSPS) is 10.5. The molecule has 9 heteroatoms. The van der Waals surface area contributed by atoms with Crippen LogP contribution >= 0.6 is 11.6 Å². The van der Waals surface area contributed by atoms with E-state index < -0.39 is 0 Å². The van der Waals surface area contributed by atoms with Gasteiger partial charge in [-0.15, -0.1) is 0 Å². The van der Waals surface area contributed by atoms with Crippen molar-refractivity contribution in [3.05, 3.63) is 76.4 Å². The minimum Gasteiger partial charge on any atom is -0.492 e. The van der Waals surface area contributed by atoms with Crippen LogP contribution in [0.2, 0.25) is 5.02 Å². The van der Waals surface area contributed by atoms with Crippen molar-refractivity contribution in [3.8, 4) is 5.75 Å². The summed E-state index contributed by atoms with van der Waals surface area (Å²) in [7, 11) is 1.58. The first kappa shape index (κ1) is 21.2. The van der Waals surface area contributed by atoms with E-state index in [0.29, 0.717) is 29.4 Å². The number of nitrogens with zero attached hydrogens (tertiary/aromatic N) is 2. The molecule has 0 spiro atoms. The fraction of sp³-hybridized carbons (Fsp3) is 0.190. The van der Waals surface area contributed by atoms with Crippen LogP contribution < -0.4 is 21.1 Å². The molecule has 0 unspecified atom stereocenters. The van der Waals surface area contributed by atoms with Crippen LogP contribution in [-0.4, -0.2) is 41.8 Å². The highest BCUT2D eigenvalue weighted by atomic mass is 35.5. The Balaban J connectivity index is 1.56. The van der Waals surface area contributed by atoms with Gasteiger partial charge in [-0.25, -0.2) is 0 Å². The summed E-state index contributed by atoms with van der Waals surface area (Å²) < 4.78 is 7.11. The van der Waals surface area contributed by atoms with Gasteiger partial charge in [0.2, 0.25) is 0 Å². The summed E-state index contributed by atoms with van der Waals surface area (Å²) in [6, 6.07) is 14.2. The second-order valence-electron chi connectivity index (χ2n) is 6.47. The number of hydrogen-bond acceptors (Lipinski definition) is 5. The van der Waals surface area contributed by atoms with E-state index in [-0.39, 0.29) is 29.8 Å². The van der Waals surface area contributed by atoms with Gasteiger partial charge in [0, 0.05) is 23.8 Å². The number of amides is 2. The van der Waals surface area contributed by atoms with Crippen molar-refractivity contribution in [3.63, 3.8) is 0 Å². The number of nitrogens with one attached hydrogen (secondary N) is 2. The van der Waals surface area contributed by atoms with Crippen molar-refractivity contribution < 1.29 is 14.3 Å². The standard InChI is InChI=1S/C21H22ClN5O3/c1-24-20(28)15-5-2-4-14(10-15)12-27-13-18(19(23)26-27)21(29)25-8-9-30-17-7-3-6-16(22)11-17/h2-7,10-11,13H,8-9,12H2,1H3,(H2,23,26)(H,24,28)(H,25,29). The molecular weight excluding hydrogens is 406 g/mol. The van der Waals surface area contributed by atoms with Crippen LogP contribution in [0.5, 0.6) is 5.75 Å². The summed E-state index contributed by atoms with van der Waals surface area (Å²) in [4.78, 5) is 24.2. The SMILES string of the molecule is CNC(=O)c1cccc(Cn2cc(C(=O)NCCOc3cccc(Cl)c3)c(N)n2)c1. The average Bonchev–Trinajstić information content (AvgIpc) is 3.10. The molecule has 8 nitrogen and oxygen atoms in total. The van der Waals surface area contributed by atoms with E-state index in [1.807, 2.05) is 6.07 Å². The zero-order valence-corrected chi connectivity index (χ0v) is 17.1. The lowest BCUT2D eigenvalue weighted by Crippen LogP contribution is -2.28. The first-order valence-electron chi connectivity index (χ1n) is 9.27. The smallest absolute Gasteiger partial charge is 0.256 e. The predicted octanol–water partition coefficient (Wildman–Crippen LogP) is 2.34. The Kier molecular flexibility index (Phi) is 6.92. The van der Waals surface area contributed by atoms with Gasteiger partial charge in [-0.3, -0.25) is 14.3 Å². The number of carbonyl (C=O) groups is 2. The molecular formula is C21H22ClN5O3. The number of carbonyl (C=O) groups excluding carboxylic acids is 2. The van der Waals surface area contributed by atoms with Crippen LogP contribution in [0, 0.1) is 0 Å². The Morgan fingerprint density at radius 2 is 1.97 bits per heavy atom. The van der Waals surface area contributed by atoms with E-state index in [0.717, 1.165) is 5.56 Å². The molecule has 3 rings (SSSR count). The first-order chi connectivity index (χ1) is 14.5. The molecule has 0 atom stereocenters. The van der Waals surface area contributed by atoms with E-state index in [1.54, 1.807) is 60.4 Å². The van der Waals surface area contributed by atoms with Crippen LogP contribution in [-0.2, 0) is 6.54 Å². The number of nitrogen functional groups attached to an aromatic ring is 1. The van der Waals surface area contributed by atoms with Crippen molar-refractivity contribution in [2.45, 2.75) is 6.54 Å². The third-order valence-electron chi connectivity index (χ3n) is 4.25. The molecule has 4 N–H and O–H groups in total. The Morgan fingerprint density at radius 1 is 1.17 bits per heavy atom. The molecule has 156 valence electrons. The molecule has 0 fully saturated rings. The van der Waals surface area contributed by atoms with Gasteiger partial charge in [0.1, 0.15) is 17.9 Å². The van der Waals surface area contributed by atoms with Crippen molar-refractivity contribution in [1.29, 1.82) is 0 Å². The van der Waals surface area contributed by atoms with E-state index in [4.69, 9.17) is 22.1 Å². The highest BCUT2D eigenvalue weighted by Gasteiger charge is 2.14. The van der Waals surface area contributed by atoms with Crippen molar-refractivity contribution in [1.82, 2.24) is 20.4 Å². The largest absolute Gasteiger partial charge is 0.492 e. The lowest BCUT2D eigenvalue weighted by atomic mass is 10.1. The van der Waals surface area contributed by atoms with Gasteiger partial charge in [0.25, 0.3) is 11.8 Å². The molecule has 1 aromatic heterocycles. The van der Waals surface area contributed by atoms with Gasteiger partial charge in [-0.2, -0.15) is 5.10 Å². The Labute approximate surface area is 179 Å². The maximum atomic E-state index is 12.4. The average molecular weight is 428 g/mol. The molecule has 2 aromatic carbocycles. The van der Waals surface area contributed by atoms with Crippen LogP contribution in [0.1, 0.15) is 26.3 Å². The van der Waals surface area contributed by atoms with Gasteiger partial charge in [-0.05, 0) is 35.9 Å². The molecule has 0 aliphatic carbocycles. The van der Waals surface area contributed by atoms with Crippen molar-refractivity contribution >= 4 is 29.2 Å². The van der Waals surface area contributed by atoms with Gasteiger partial charge >= 0.3 is 0 Å². The molecule has 2 amide bonds. The number of rotatable bonds is 8. The molecule has 0 saturated carbocycles. The third kappa shape index (κ3) is 5.51. The maximum Gasteiger partial charge on any atom is 0.256 e. The first-order valence-corrected chi connectivity index (χ1v) is 9.64. The maximum absolute atomic E-state index is 12.4. The molecule has 0 aliphatic heterocycles. The monoisotopic (exact) mass is 427 g/mol. The summed E-state index contributed by atoms with van der Waals surface area (Å²) in [5, 5.41) is 10.1. The fourth-order valence-electron chi connectivity index (χ4n) is 2.82. The third-order valence-corrected chi connectivity index (χ3v) is 4.48. The quantitative estimate of drug-likeness (QED) is 0.478. The molecule has 3 aromatic rings. The second-order valence-corrected chi connectivity index (χ2v) is 6.90. The van der Waals surface area contributed by atoms with Gasteiger partial charge in [0.15, 0.2) is 5.82 Å². The Hall–Kier alpha value is -3.52. The number of ether oxygens (including phenoxy) is 1. The van der Waals surface area contributed by atoms with Crippen LogP contribution in [0.25, 0.3) is 0 Å². The molecule has 0 bridgehead atoms. The summed E-state index contributed by atoms with van der Waals surface area (Å²) in [6.07, 6.45) is 1.58. The molecule has 30 heavy (non-hydrogen) atoms. The van der Waals surface area contributed by atoms with Gasteiger partial charge in [0.05, 0.1) is 13.1 Å². The summed E-state index contributed by atoms with van der Waals surface area (Å²) in [6.45, 7) is 0.955. The number of halogens is 1. The van der Waals surface area contributed by atoms with Crippen molar-refractivity contribution in [2.24, 2.45) is 0 Å². The summed E-state index contributed by atoms with van der Waals surface area (Å²) >= 11 is 5.90. The van der Waals surface area contributed by atoms with Crippen LogP contribution in [0.3, 0.4) is 0 Å². The number of anilines is 1. The van der Waals surface area contributed by atoms with Crippen molar-refractivity contribution in [2.75, 3.05) is 25.9 Å². The topological polar surface area (TPSA) is 111 Å². The minimum atomic E-state index is -0.340. The van der Waals surface area contributed by atoms with E-state index in [2.05, 4.69) is 15.7 Å². The molecule has 1 heterocycles. The second kappa shape index (κ2) is 9.80. The number of benzene rings is 2. The summed E-state index contributed by atoms with van der Waals surface area (Å²) in [5.41, 5.74) is 7.59. The van der Waals surface area contributed by atoms with E-state index in [1.165, 1.54) is 0 Å². The Bertz CT molecular complexity index is 1050. The Morgan fingerprint density at radius 3 is 2.73 bits per heavy atom. The number of nitrogens with two attached hydrogens (primary N) is 1. The predicted molar refractivity (Wildman–Crippen MR) is 115 cm³/mol. The summed E-state index contributed by atoms with van der Waals surface area (Å²) in [5.74, 6) is 0.248. The molecule has 0 aliphatic rings. The zero-order valence-electron chi connectivity index (χ0n) is 16.4. The lowest BCUT2D eigenvalue weighted by molar-refractivity contribution is 0.0944. The van der Waals surface area contributed by atoms with Crippen LogP contribution in [0.4, 0.5) is 5.82 Å². The zero-order chi connectivity index (χ0) is 21.5. The van der Waals surface area contributed by atoms with Gasteiger partial charge < -0.3 is 21.1 Å². The minimum absolute atomic E-state index is 0.130. The van der Waals surface area contributed by atoms with Gasteiger partial charge in [-0.1, -0.05) is 29.8 Å². The van der Waals surface area contributed by atoms with E-state index in [9.17, 15) is 9.59 Å².